The maximum Gasteiger partial charge on any atom is 2.00 e. The fraction of sp³-hybridized carbons (Fsp3) is 0.0282. The predicted octanol–water partition coefficient (Wildman–Crippen LogP) is 18.1. The molecule has 1 heterocycles. The molecule has 2 saturated carbocycles. The smallest absolute Gasteiger partial charge is 0.378 e. The van der Waals surface area contributed by atoms with Gasteiger partial charge in [0.15, 0.2) is 0 Å². The summed E-state index contributed by atoms with van der Waals surface area (Å²) in [6.45, 7) is 0. The Morgan fingerprint density at radius 3 is 0.595 bits per heavy atom. The molecule has 1 aliphatic heterocycles. The average Bonchev–Trinajstić information content (AvgIpc) is 4.36. The summed E-state index contributed by atoms with van der Waals surface area (Å²) in [6.07, 6.45) is 19.3. The van der Waals surface area contributed by atoms with Crippen LogP contribution in [-0.4, -0.2) is 5.71 Å². The summed E-state index contributed by atoms with van der Waals surface area (Å²) in [5.74, 6) is 1.24. The van der Waals surface area contributed by atoms with Crippen molar-refractivity contribution in [3.63, 3.8) is 0 Å². The van der Waals surface area contributed by atoms with Crippen LogP contribution in [0.25, 0.3) is 291 Å². The van der Waals surface area contributed by atoms with Crippen LogP contribution in [0, 0.1) is 63.7 Å². The Kier molecular flexibility index (Phi) is 2.88. The van der Waals surface area contributed by atoms with E-state index < -0.39 is 11.0 Å². The second kappa shape index (κ2) is 7.12. The number of nitrogens with zero attached hydrogens (tertiary/aromatic N) is 1. The van der Waals surface area contributed by atoms with Crippen LogP contribution in [0.4, 0.5) is 0 Å². The van der Waals surface area contributed by atoms with E-state index >= 15 is 0 Å². The van der Waals surface area contributed by atoms with Crippen LogP contribution in [0.15, 0.2) is 5.16 Å². The molecule has 0 aromatic heterocycles. The molecule has 35 rings (SSSR count). The van der Waals surface area contributed by atoms with E-state index in [4.69, 9.17) is 9.99 Å². The molecule has 0 atom stereocenters. The van der Waals surface area contributed by atoms with Gasteiger partial charge in [0, 0.05) is 17.0 Å². The van der Waals surface area contributed by atoms with E-state index in [1.54, 1.807) is 302 Å². The number of oxime groups is 1. The molecule has 3 heteroatoms. The molecule has 10 radical (unpaired) electrons. The average molecular weight is 948 g/mol. The maximum absolute atomic E-state index is 8.06. The Balaban J connectivity index is 0.000000533. The van der Waals surface area contributed by atoms with E-state index in [0.29, 0.717) is 0 Å². The minimum atomic E-state index is -0.815. The summed E-state index contributed by atoms with van der Waals surface area (Å²) >= 11 is 0. The molecule has 0 bridgehead atoms. The van der Waals surface area contributed by atoms with Crippen LogP contribution in [0.1, 0.15) is 22.3 Å². The molecular formula is C71H9FeNO+2. The molecule has 0 saturated heterocycles. The van der Waals surface area contributed by atoms with Crippen molar-refractivity contribution >= 4 is 297 Å². The summed E-state index contributed by atoms with van der Waals surface area (Å²) in [6, 6.07) is 0. The summed E-state index contributed by atoms with van der Waals surface area (Å²) in [4.78, 5) is 8.06. The molecule has 2 nitrogen and oxygen atoms in total. The third-order valence-electron chi connectivity index (χ3n) is 25.4. The first-order valence-electron chi connectivity index (χ1n) is 26.9. The predicted molar refractivity (Wildman–Crippen MR) is 304 cm³/mol. The van der Waals surface area contributed by atoms with E-state index in [0.717, 1.165) is 5.71 Å². The van der Waals surface area contributed by atoms with Gasteiger partial charge >= 0.3 is 17.1 Å². The SMILES string of the molecule is [CH]1[CH][CH][CH][CH]1.[CH]1[CH][CH][C](C2=NOC34c5c6c7c8c9c%10c(c%11c%12c3c3c5c5c%13c6c6c7c7c9c9c%14c%10c%10c%11c%11c%12c%12c3c3c5c5c%13c%13c6c6c7c9c7c9c%14c%10c%10c%11c%11c%12c3c3c5c5c%13c6c7c6c9c%10c%11c3c56)C284)[CH]1.[Fe+2]. The van der Waals surface area contributed by atoms with E-state index in [1.807, 2.05) is 32.1 Å². The number of benzene rings is 18. The van der Waals surface area contributed by atoms with Crippen molar-refractivity contribution in [2.75, 3.05) is 0 Å². The monoisotopic (exact) mass is 947 g/mol. The third kappa shape index (κ3) is 1.68. The Morgan fingerprint density at radius 1 is 0.216 bits per heavy atom. The van der Waals surface area contributed by atoms with E-state index in [-0.39, 0.29) is 17.1 Å². The second-order valence-electron chi connectivity index (χ2n) is 25.8. The second-order valence-corrected chi connectivity index (χ2v) is 25.8. The summed E-state index contributed by atoms with van der Waals surface area (Å²) in [5.41, 5.74) is 5.86. The van der Waals surface area contributed by atoms with Crippen LogP contribution in [-0.2, 0) is 32.9 Å². The molecule has 0 amide bonds. The first-order chi connectivity index (χ1) is 36.4. The molecule has 7 aliphatic rings. The van der Waals surface area contributed by atoms with E-state index in [1.165, 1.54) is 17.0 Å². The molecule has 2 fully saturated rings. The van der Waals surface area contributed by atoms with Gasteiger partial charge in [0.05, 0.1) is 5.71 Å². The van der Waals surface area contributed by atoms with Crippen molar-refractivity contribution in [3.8, 4) is 0 Å². The molecule has 6 aliphatic carbocycles. The molecule has 0 unspecified atom stereocenters. The third-order valence-corrected chi connectivity index (χ3v) is 25.4. The number of hydrogen-bond acceptors (Lipinski definition) is 2. The van der Waals surface area contributed by atoms with Gasteiger partial charge < -0.3 is 4.84 Å². The standard InChI is InChI=1S/C66H4NO.C5H5.Fe/c1-2-4-5(3-1)64-65-60-52-44-34-24-16-8-6-7-10-14-12(8)20-28-22(14)32-26-18(10)19-11(7)15-13-9(6)17(16)25-31-21(13)29-23(15)33-27(19)37-36(26)48-42(32)50-40(28)46(38(44)30(20)24)54(60)56(50)62-58(48)59-49(37)43(33)51-41(29)47-39(31)45(35(25)34)53(52)61(65)55(47)57(51)63(59)66(62,65)68-67-64;1-2-4-5-3-1;/h1-4H;1-5H;/q;;+2. The number of hydrogen-bond donors (Lipinski definition) is 0. The largest absolute Gasteiger partial charge is 2.00 e. The van der Waals surface area contributed by atoms with Crippen LogP contribution in [0.2, 0.25) is 0 Å². The molecule has 28 aromatic rings. The quantitative estimate of drug-likeness (QED) is 0.119. The zero-order valence-electron chi connectivity index (χ0n) is 37.4. The van der Waals surface area contributed by atoms with Gasteiger partial charge in [0.25, 0.3) is 0 Å². The van der Waals surface area contributed by atoms with Crippen LogP contribution in [0.5, 0.6) is 0 Å². The summed E-state index contributed by atoms with van der Waals surface area (Å²) in [7, 11) is 0. The first-order valence-corrected chi connectivity index (χ1v) is 26.9. The maximum atomic E-state index is 8.06. The van der Waals surface area contributed by atoms with Crippen molar-refractivity contribution in [1.82, 2.24) is 0 Å². The van der Waals surface area contributed by atoms with Gasteiger partial charge in [-0.05, 0) is 360 Å². The van der Waals surface area contributed by atoms with Crippen molar-refractivity contribution in [3.05, 3.63) is 86.0 Å². The first kappa shape index (κ1) is 30.0. The number of rotatable bonds is 1. The molecule has 310 valence electrons. The Labute approximate surface area is 418 Å². The van der Waals surface area contributed by atoms with Crippen LogP contribution >= 0.6 is 0 Å². The van der Waals surface area contributed by atoms with Gasteiger partial charge in [-0.3, -0.25) is 0 Å². The fourth-order valence-electron chi connectivity index (χ4n) is 25.0. The normalized spacial score (nSPS) is 23.9. The van der Waals surface area contributed by atoms with E-state index in [9.17, 15) is 0 Å². The van der Waals surface area contributed by atoms with Gasteiger partial charge in [-0.15, -0.1) is 0 Å². The van der Waals surface area contributed by atoms with Crippen molar-refractivity contribution in [2.24, 2.45) is 5.16 Å². The Hall–Kier alpha value is -7.55. The molecule has 0 N–H and O–H groups in total. The Morgan fingerprint density at radius 2 is 0.392 bits per heavy atom. The summed E-state index contributed by atoms with van der Waals surface area (Å²) in [5, 5.41) is 92.6. The Bertz CT molecular complexity index is 7090. The van der Waals surface area contributed by atoms with E-state index in [2.05, 4.69) is 25.7 Å². The van der Waals surface area contributed by atoms with Crippen molar-refractivity contribution in [2.45, 2.75) is 11.0 Å². The summed E-state index contributed by atoms with van der Waals surface area (Å²) < 4.78 is 0. The van der Waals surface area contributed by atoms with Crippen LogP contribution < -0.4 is 0 Å². The molecule has 2 spiro atoms. The van der Waals surface area contributed by atoms with Gasteiger partial charge in [-0.2, -0.15) is 0 Å². The minimum Gasteiger partial charge on any atom is -0.378 e. The van der Waals surface area contributed by atoms with Crippen molar-refractivity contribution in [1.29, 1.82) is 0 Å². The van der Waals surface area contributed by atoms with Gasteiger partial charge in [0.1, 0.15) is 5.41 Å². The van der Waals surface area contributed by atoms with Gasteiger partial charge in [-0.1, -0.05) is 5.16 Å². The minimum absolute atomic E-state index is 0. The van der Waals surface area contributed by atoms with Gasteiger partial charge in [0.2, 0.25) is 5.60 Å². The topological polar surface area (TPSA) is 21.6 Å². The molecular weight excluding hydrogens is 939 g/mol. The zero-order valence-corrected chi connectivity index (χ0v) is 38.5. The molecule has 74 heavy (non-hydrogen) atoms. The van der Waals surface area contributed by atoms with Gasteiger partial charge in [-0.25, -0.2) is 0 Å². The van der Waals surface area contributed by atoms with Crippen molar-refractivity contribution < 1.29 is 21.9 Å². The van der Waals surface area contributed by atoms with Crippen LogP contribution in [0.3, 0.4) is 0 Å². The fourth-order valence-corrected chi connectivity index (χ4v) is 25.0. The zero-order chi connectivity index (χ0) is 43.4. The molecule has 28 aromatic carbocycles.